The van der Waals surface area contributed by atoms with Crippen LogP contribution in [0, 0.1) is 19.7 Å². The van der Waals surface area contributed by atoms with Crippen LogP contribution in [0.3, 0.4) is 0 Å². The zero-order valence-corrected chi connectivity index (χ0v) is 19.1. The predicted molar refractivity (Wildman–Crippen MR) is 126 cm³/mol. The largest absolute Gasteiger partial charge is 0.441 e. The summed E-state index contributed by atoms with van der Waals surface area (Å²) in [6.07, 6.45) is 0. The maximum Gasteiger partial charge on any atom is 0.251 e. The van der Waals surface area contributed by atoms with Crippen molar-refractivity contribution in [2.45, 2.75) is 31.0 Å². The highest BCUT2D eigenvalue weighted by molar-refractivity contribution is 7.84. The summed E-state index contributed by atoms with van der Waals surface area (Å²) in [5, 5.41) is 2.81. The number of oxazole rings is 1. The van der Waals surface area contributed by atoms with Crippen molar-refractivity contribution in [1.29, 1.82) is 0 Å². The van der Waals surface area contributed by atoms with E-state index in [0.29, 0.717) is 29.5 Å². The molecule has 0 bridgehead atoms. The van der Waals surface area contributed by atoms with Crippen LogP contribution in [0.4, 0.5) is 4.39 Å². The molecule has 3 aromatic carbocycles. The standard InChI is InChI=1S/C26H23FN2O3S/c1-17-3-13-23(14-4-17)33(31)16-24-18(2)32-26(29-24)21-9-7-20(8-10-21)25(30)28-15-19-5-11-22(27)12-6-19/h3-14H,15-16H2,1-2H3,(H,28,30). The van der Waals surface area contributed by atoms with Gasteiger partial charge >= 0.3 is 0 Å². The van der Waals surface area contributed by atoms with Gasteiger partial charge in [0.2, 0.25) is 5.89 Å². The van der Waals surface area contributed by atoms with E-state index in [2.05, 4.69) is 10.3 Å². The van der Waals surface area contributed by atoms with Crippen LogP contribution in [0.2, 0.25) is 0 Å². The first kappa shape index (κ1) is 22.6. The summed E-state index contributed by atoms with van der Waals surface area (Å²) in [5.74, 6) is 0.756. The lowest BCUT2D eigenvalue weighted by Gasteiger charge is -2.06. The van der Waals surface area contributed by atoms with Crippen LogP contribution in [0.5, 0.6) is 0 Å². The minimum atomic E-state index is -1.22. The van der Waals surface area contributed by atoms with E-state index in [9.17, 15) is 13.4 Å². The van der Waals surface area contributed by atoms with Crippen molar-refractivity contribution >= 4 is 16.7 Å². The molecule has 1 heterocycles. The summed E-state index contributed by atoms with van der Waals surface area (Å²) >= 11 is 0. The molecule has 0 aliphatic heterocycles. The van der Waals surface area contributed by atoms with Crippen molar-refractivity contribution in [3.8, 4) is 11.5 Å². The zero-order chi connectivity index (χ0) is 23.4. The number of hydrogen-bond acceptors (Lipinski definition) is 4. The quantitative estimate of drug-likeness (QED) is 0.403. The van der Waals surface area contributed by atoms with Crippen molar-refractivity contribution in [3.63, 3.8) is 0 Å². The van der Waals surface area contributed by atoms with Gasteiger partial charge in [0, 0.05) is 22.6 Å². The van der Waals surface area contributed by atoms with Gasteiger partial charge in [-0.2, -0.15) is 0 Å². The van der Waals surface area contributed by atoms with E-state index in [4.69, 9.17) is 4.42 Å². The van der Waals surface area contributed by atoms with E-state index in [-0.39, 0.29) is 17.5 Å². The molecule has 0 aliphatic carbocycles. The van der Waals surface area contributed by atoms with Crippen LogP contribution in [-0.4, -0.2) is 15.1 Å². The highest BCUT2D eigenvalue weighted by Crippen LogP contribution is 2.24. The molecule has 1 unspecified atom stereocenters. The Morgan fingerprint density at radius 3 is 2.30 bits per heavy atom. The van der Waals surface area contributed by atoms with Gasteiger partial charge in [-0.25, -0.2) is 9.37 Å². The molecule has 7 heteroatoms. The van der Waals surface area contributed by atoms with E-state index in [1.165, 1.54) is 12.1 Å². The number of hydrogen-bond donors (Lipinski definition) is 1. The van der Waals surface area contributed by atoms with Gasteiger partial charge < -0.3 is 9.73 Å². The molecule has 33 heavy (non-hydrogen) atoms. The second-order valence-electron chi connectivity index (χ2n) is 7.71. The molecule has 0 fully saturated rings. The van der Waals surface area contributed by atoms with Gasteiger partial charge in [0.25, 0.3) is 5.91 Å². The summed E-state index contributed by atoms with van der Waals surface area (Å²) in [6.45, 7) is 4.10. The first-order chi connectivity index (χ1) is 15.9. The van der Waals surface area contributed by atoms with Gasteiger partial charge in [0.1, 0.15) is 11.6 Å². The van der Waals surface area contributed by atoms with Crippen LogP contribution in [0.1, 0.15) is 32.9 Å². The third kappa shape index (κ3) is 5.62. The highest BCUT2D eigenvalue weighted by atomic mass is 32.2. The molecule has 4 aromatic rings. The van der Waals surface area contributed by atoms with E-state index in [1.54, 1.807) is 43.3 Å². The van der Waals surface area contributed by atoms with Gasteiger partial charge in [-0.1, -0.05) is 29.8 Å². The molecular weight excluding hydrogens is 439 g/mol. The van der Waals surface area contributed by atoms with E-state index >= 15 is 0 Å². The van der Waals surface area contributed by atoms with Gasteiger partial charge in [-0.3, -0.25) is 9.00 Å². The Kier molecular flexibility index (Phi) is 6.79. The van der Waals surface area contributed by atoms with E-state index in [0.717, 1.165) is 21.6 Å². The SMILES string of the molecule is Cc1ccc(S(=O)Cc2nc(-c3ccc(C(=O)NCc4ccc(F)cc4)cc3)oc2C)cc1. The Labute approximate surface area is 194 Å². The molecule has 1 N–H and O–H groups in total. The van der Waals surface area contributed by atoms with Crippen LogP contribution < -0.4 is 5.32 Å². The summed E-state index contributed by atoms with van der Waals surface area (Å²) < 4.78 is 31.5. The van der Waals surface area contributed by atoms with Crippen LogP contribution in [0.15, 0.2) is 82.1 Å². The Morgan fingerprint density at radius 2 is 1.64 bits per heavy atom. The third-order valence-corrected chi connectivity index (χ3v) is 6.54. The van der Waals surface area contributed by atoms with Crippen molar-refractivity contribution in [3.05, 3.63) is 107 Å². The van der Waals surface area contributed by atoms with Gasteiger partial charge in [-0.15, -0.1) is 0 Å². The first-order valence-electron chi connectivity index (χ1n) is 10.4. The molecule has 0 saturated carbocycles. The predicted octanol–water partition coefficient (Wildman–Crippen LogP) is 5.34. The minimum Gasteiger partial charge on any atom is -0.441 e. The van der Waals surface area contributed by atoms with Crippen molar-refractivity contribution in [2.24, 2.45) is 0 Å². The molecule has 0 spiro atoms. The van der Waals surface area contributed by atoms with Crippen molar-refractivity contribution in [2.75, 3.05) is 0 Å². The molecule has 1 amide bonds. The maximum atomic E-state index is 13.0. The summed E-state index contributed by atoms with van der Waals surface area (Å²) in [6, 6.07) is 20.5. The lowest BCUT2D eigenvalue weighted by molar-refractivity contribution is 0.0951. The second kappa shape index (κ2) is 9.92. The molecule has 1 atom stereocenters. The number of amides is 1. The molecule has 0 aliphatic rings. The first-order valence-corrected chi connectivity index (χ1v) is 11.8. The molecule has 0 saturated heterocycles. The van der Waals surface area contributed by atoms with Gasteiger partial charge in [-0.05, 0) is 67.9 Å². The number of halogens is 1. The fraction of sp³-hybridized carbons (Fsp3) is 0.154. The third-order valence-electron chi connectivity index (χ3n) is 5.20. The molecule has 1 aromatic heterocycles. The average molecular weight is 463 g/mol. The molecule has 0 radical (unpaired) electrons. The van der Waals surface area contributed by atoms with E-state index < -0.39 is 10.8 Å². The zero-order valence-electron chi connectivity index (χ0n) is 18.3. The Morgan fingerprint density at radius 1 is 0.970 bits per heavy atom. The van der Waals surface area contributed by atoms with Crippen molar-refractivity contribution in [1.82, 2.24) is 10.3 Å². The lowest BCUT2D eigenvalue weighted by atomic mass is 10.1. The summed E-state index contributed by atoms with van der Waals surface area (Å²) in [7, 11) is -1.22. The van der Waals surface area contributed by atoms with Crippen LogP contribution >= 0.6 is 0 Å². The number of rotatable bonds is 7. The topological polar surface area (TPSA) is 72.2 Å². The average Bonchev–Trinajstić information content (AvgIpc) is 3.19. The monoisotopic (exact) mass is 462 g/mol. The molecule has 4 rings (SSSR count). The van der Waals surface area contributed by atoms with E-state index in [1.807, 2.05) is 31.2 Å². The van der Waals surface area contributed by atoms with Crippen molar-refractivity contribution < 1.29 is 17.8 Å². The number of carbonyl (C=O) groups excluding carboxylic acids is 1. The van der Waals surface area contributed by atoms with Gasteiger partial charge in [0.15, 0.2) is 0 Å². The fourth-order valence-electron chi connectivity index (χ4n) is 3.23. The van der Waals surface area contributed by atoms with Gasteiger partial charge in [0.05, 0.1) is 22.2 Å². The Hall–Kier alpha value is -3.58. The summed E-state index contributed by atoms with van der Waals surface area (Å²) in [4.78, 5) is 17.7. The number of benzene rings is 3. The lowest BCUT2D eigenvalue weighted by Crippen LogP contribution is -2.22. The normalized spacial score (nSPS) is 11.8. The Bertz CT molecular complexity index is 1280. The number of aromatic nitrogens is 1. The molecular formula is C26H23FN2O3S. The maximum absolute atomic E-state index is 13.0. The fourth-order valence-corrected chi connectivity index (χ4v) is 4.36. The minimum absolute atomic E-state index is 0.233. The molecule has 5 nitrogen and oxygen atoms in total. The number of carbonyl (C=O) groups is 1. The molecule has 168 valence electrons. The number of nitrogens with zero attached hydrogens (tertiary/aromatic N) is 1. The van der Waals surface area contributed by atoms with Crippen LogP contribution in [0.25, 0.3) is 11.5 Å². The smallest absolute Gasteiger partial charge is 0.251 e. The number of nitrogens with one attached hydrogen (secondary N) is 1. The Balaban J connectivity index is 1.41. The highest BCUT2D eigenvalue weighted by Gasteiger charge is 2.16. The summed E-state index contributed by atoms with van der Waals surface area (Å²) in [5.41, 5.74) is 3.78. The second-order valence-corrected chi connectivity index (χ2v) is 9.16. The van der Waals surface area contributed by atoms with Crippen LogP contribution in [-0.2, 0) is 23.1 Å². The number of aryl methyl sites for hydroxylation is 2.